The summed E-state index contributed by atoms with van der Waals surface area (Å²) in [6, 6.07) is 0. The largest absolute Gasteiger partial charge is 1.00 e. The summed E-state index contributed by atoms with van der Waals surface area (Å²) < 4.78 is 1.24. The van der Waals surface area contributed by atoms with E-state index in [-0.39, 0.29) is 12.4 Å². The van der Waals surface area contributed by atoms with Crippen LogP contribution in [0, 0.1) is 11.8 Å². The summed E-state index contributed by atoms with van der Waals surface area (Å²) in [7, 11) is 4.92. The van der Waals surface area contributed by atoms with Crippen LogP contribution in [0.1, 0.15) is 182 Å². The lowest BCUT2D eigenvalue weighted by atomic mass is 10.0. The zero-order valence-corrected chi connectivity index (χ0v) is 27.1. The fourth-order valence-electron chi connectivity index (χ4n) is 5.48. The van der Waals surface area contributed by atoms with Gasteiger partial charge in [0.1, 0.15) is 0 Å². The summed E-state index contributed by atoms with van der Waals surface area (Å²) >= 11 is 0. The van der Waals surface area contributed by atoms with Crippen LogP contribution in [0.3, 0.4) is 0 Å². The monoisotopic (exact) mass is 530 g/mol. The molecule has 0 aliphatic carbocycles. The molecule has 0 N–H and O–H groups in total. The van der Waals surface area contributed by atoms with Crippen LogP contribution in [-0.2, 0) is 0 Å². The Hall–Kier alpha value is 0.250. The molecule has 0 rings (SSSR count). The van der Waals surface area contributed by atoms with Crippen LogP contribution in [-0.4, -0.2) is 31.7 Å². The second-order valence-corrected chi connectivity index (χ2v) is 13.5. The number of nitrogens with zero attached hydrogens (tertiary/aromatic N) is 1. The van der Waals surface area contributed by atoms with Crippen LogP contribution in [0.25, 0.3) is 0 Å². The molecule has 0 radical (unpaired) electrons. The summed E-state index contributed by atoms with van der Waals surface area (Å²) in [6.45, 7) is 12.2. The van der Waals surface area contributed by atoms with Gasteiger partial charge in [0, 0.05) is 0 Å². The highest BCUT2D eigenvalue weighted by Gasteiger charge is 2.13. The third-order valence-corrected chi connectivity index (χ3v) is 8.09. The Balaban J connectivity index is 0. The first-order valence-electron chi connectivity index (χ1n) is 16.7. The molecule has 220 valence electrons. The minimum absolute atomic E-state index is 0. The van der Waals surface area contributed by atoms with Crippen molar-refractivity contribution in [3.8, 4) is 0 Å². The van der Waals surface area contributed by atoms with Gasteiger partial charge in [-0.1, -0.05) is 156 Å². The molecule has 0 fully saturated rings. The zero-order chi connectivity index (χ0) is 26.0. The van der Waals surface area contributed by atoms with Crippen LogP contribution in [0.5, 0.6) is 0 Å². The van der Waals surface area contributed by atoms with E-state index in [0.29, 0.717) is 0 Å². The Bertz CT molecular complexity index is 368. The first kappa shape index (κ1) is 38.4. The average molecular weight is 530 g/mol. The van der Waals surface area contributed by atoms with Gasteiger partial charge in [0.15, 0.2) is 0 Å². The van der Waals surface area contributed by atoms with Crippen LogP contribution in [0.4, 0.5) is 0 Å². The standard InChI is InChI=1S/C34H72N.ClH/c1-33(2)29-25-21-17-13-9-7-11-15-19-23-27-31-35(5,6)32-28-24-20-16-12-8-10-14-18-22-26-30-34(3)4;/h33-34H,7-32H2,1-6H3;1H/q+1;/p-1. The molecule has 0 heterocycles. The van der Waals surface area contributed by atoms with Gasteiger partial charge in [0.2, 0.25) is 0 Å². The summed E-state index contributed by atoms with van der Waals surface area (Å²) in [4.78, 5) is 0. The lowest BCUT2D eigenvalue weighted by Gasteiger charge is -2.30. The second-order valence-electron chi connectivity index (χ2n) is 13.5. The van der Waals surface area contributed by atoms with Crippen molar-refractivity contribution in [1.29, 1.82) is 0 Å². The van der Waals surface area contributed by atoms with Crippen molar-refractivity contribution in [3.63, 3.8) is 0 Å². The molecule has 0 spiro atoms. The van der Waals surface area contributed by atoms with Crippen molar-refractivity contribution in [1.82, 2.24) is 0 Å². The van der Waals surface area contributed by atoms with Crippen LogP contribution in [0.2, 0.25) is 0 Å². The van der Waals surface area contributed by atoms with E-state index in [0.717, 1.165) is 11.8 Å². The van der Waals surface area contributed by atoms with Crippen LogP contribution in [0.15, 0.2) is 0 Å². The molecule has 0 aliphatic rings. The first-order chi connectivity index (χ1) is 16.8. The lowest BCUT2D eigenvalue weighted by Crippen LogP contribution is -3.00. The second kappa shape index (κ2) is 28.3. The molecule has 0 aromatic rings. The summed E-state index contributed by atoms with van der Waals surface area (Å²) in [5.41, 5.74) is 0. The van der Waals surface area contributed by atoms with E-state index in [1.807, 2.05) is 0 Å². The maximum absolute atomic E-state index is 2.46. The van der Waals surface area contributed by atoms with Crippen LogP contribution >= 0.6 is 0 Å². The predicted octanol–water partition coefficient (Wildman–Crippen LogP) is 8.74. The van der Waals surface area contributed by atoms with E-state index in [1.165, 1.54) is 172 Å². The van der Waals surface area contributed by atoms with Gasteiger partial charge in [-0.25, -0.2) is 0 Å². The normalized spacial score (nSPS) is 12.0. The van der Waals surface area contributed by atoms with Gasteiger partial charge in [0.05, 0.1) is 27.2 Å². The molecule has 2 heteroatoms. The van der Waals surface area contributed by atoms with Crippen molar-refractivity contribution < 1.29 is 16.9 Å². The van der Waals surface area contributed by atoms with E-state index < -0.39 is 0 Å². The van der Waals surface area contributed by atoms with Gasteiger partial charge < -0.3 is 16.9 Å². The molecule has 1 nitrogen and oxygen atoms in total. The van der Waals surface area contributed by atoms with Crippen LogP contribution < -0.4 is 12.4 Å². The Morgan fingerprint density at radius 1 is 0.333 bits per heavy atom. The van der Waals surface area contributed by atoms with E-state index >= 15 is 0 Å². The quantitative estimate of drug-likeness (QED) is 0.0701. The van der Waals surface area contributed by atoms with Crippen molar-refractivity contribution >= 4 is 0 Å². The number of rotatable bonds is 28. The van der Waals surface area contributed by atoms with Crippen molar-refractivity contribution in [2.45, 2.75) is 182 Å². The van der Waals surface area contributed by atoms with Gasteiger partial charge >= 0.3 is 0 Å². The van der Waals surface area contributed by atoms with Gasteiger partial charge in [-0.2, -0.15) is 0 Å². The highest BCUT2D eigenvalue weighted by atomic mass is 35.5. The molecule has 0 bridgehead atoms. The Labute approximate surface area is 237 Å². The molecule has 0 unspecified atom stereocenters. The van der Waals surface area contributed by atoms with E-state index in [9.17, 15) is 0 Å². The minimum Gasteiger partial charge on any atom is -1.00 e. The molecule has 36 heavy (non-hydrogen) atoms. The SMILES string of the molecule is CC(C)CCCCCCCCCCCCC[N+](C)(C)CCCCCCCCCCCCCC(C)C.[Cl-]. The number of unbranched alkanes of at least 4 members (excludes halogenated alkanes) is 20. The molecule has 0 aromatic carbocycles. The topological polar surface area (TPSA) is 0 Å². The van der Waals surface area contributed by atoms with Gasteiger partial charge in [0.25, 0.3) is 0 Å². The number of halogens is 1. The fraction of sp³-hybridized carbons (Fsp3) is 1.00. The number of quaternary nitrogens is 1. The number of hydrogen-bond acceptors (Lipinski definition) is 0. The average Bonchev–Trinajstić information content (AvgIpc) is 2.79. The molecule has 0 aromatic heterocycles. The highest BCUT2D eigenvalue weighted by Crippen LogP contribution is 2.16. The van der Waals surface area contributed by atoms with Gasteiger partial charge in [-0.15, -0.1) is 0 Å². The third kappa shape index (κ3) is 32.3. The fourth-order valence-corrected chi connectivity index (χ4v) is 5.48. The van der Waals surface area contributed by atoms with E-state index in [1.54, 1.807) is 0 Å². The van der Waals surface area contributed by atoms with Crippen molar-refractivity contribution in [2.75, 3.05) is 27.2 Å². The highest BCUT2D eigenvalue weighted by molar-refractivity contribution is 4.52. The molecule has 0 atom stereocenters. The Morgan fingerprint density at radius 3 is 0.750 bits per heavy atom. The van der Waals surface area contributed by atoms with E-state index in [4.69, 9.17) is 0 Å². The van der Waals surface area contributed by atoms with Gasteiger partial charge in [-0.05, 0) is 37.5 Å². The number of hydrogen-bond donors (Lipinski definition) is 0. The predicted molar refractivity (Wildman–Crippen MR) is 162 cm³/mol. The zero-order valence-electron chi connectivity index (χ0n) is 26.4. The minimum atomic E-state index is 0. The molecule has 0 saturated heterocycles. The molecule has 0 saturated carbocycles. The maximum Gasteiger partial charge on any atom is 0.0782 e. The molecule has 0 amide bonds. The molecule has 0 aliphatic heterocycles. The third-order valence-electron chi connectivity index (χ3n) is 8.09. The smallest absolute Gasteiger partial charge is 0.0782 e. The van der Waals surface area contributed by atoms with Crippen molar-refractivity contribution in [2.24, 2.45) is 11.8 Å². The maximum atomic E-state index is 2.46. The van der Waals surface area contributed by atoms with Gasteiger partial charge in [-0.3, -0.25) is 0 Å². The lowest BCUT2D eigenvalue weighted by molar-refractivity contribution is -0.890. The molecular formula is C34H72ClN. The Morgan fingerprint density at radius 2 is 0.528 bits per heavy atom. The van der Waals surface area contributed by atoms with E-state index in [2.05, 4.69) is 41.8 Å². The summed E-state index contributed by atoms with van der Waals surface area (Å²) in [5.74, 6) is 1.78. The first-order valence-corrected chi connectivity index (χ1v) is 16.7. The summed E-state index contributed by atoms with van der Waals surface area (Å²) in [6.07, 6.45) is 35.1. The summed E-state index contributed by atoms with van der Waals surface area (Å²) in [5, 5.41) is 0. The molecular weight excluding hydrogens is 458 g/mol. The Kier molecular flexibility index (Phi) is 30.1. The van der Waals surface area contributed by atoms with Crippen molar-refractivity contribution in [3.05, 3.63) is 0 Å².